The highest BCUT2D eigenvalue weighted by Crippen LogP contribution is 2.62. The summed E-state index contributed by atoms with van der Waals surface area (Å²) in [5, 5.41) is 85.0. The van der Waals surface area contributed by atoms with E-state index in [0.717, 1.165) is 44.1 Å². The zero-order chi connectivity index (χ0) is 38.1. The average Bonchev–Trinajstić information content (AvgIpc) is 3.50. The van der Waals surface area contributed by atoms with Gasteiger partial charge >= 0.3 is 0 Å². The fourth-order valence-corrected chi connectivity index (χ4v) is 10.7. The molecule has 21 atom stereocenters. The third-order valence-electron chi connectivity index (χ3n) is 13.7. The second-order valence-electron chi connectivity index (χ2n) is 16.7. The molecule has 15 heteroatoms. The van der Waals surface area contributed by atoms with Crippen molar-refractivity contribution >= 4 is 5.78 Å². The van der Waals surface area contributed by atoms with E-state index in [1.807, 2.05) is 0 Å². The van der Waals surface area contributed by atoms with Gasteiger partial charge in [0, 0.05) is 0 Å². The predicted molar refractivity (Wildman–Crippen MR) is 182 cm³/mol. The molecular formula is C38H58O15. The number of hydrogen-bond acceptors (Lipinski definition) is 15. The summed E-state index contributed by atoms with van der Waals surface area (Å²) in [6.07, 6.45) is -11.2. The lowest BCUT2D eigenvalue weighted by Crippen LogP contribution is -2.66. The quantitative estimate of drug-likeness (QED) is 0.147. The molecule has 8 N–H and O–H groups in total. The molecule has 0 aromatic rings. The maximum absolute atomic E-state index is 12.5. The van der Waals surface area contributed by atoms with Gasteiger partial charge in [-0.1, -0.05) is 24.6 Å². The fourth-order valence-electron chi connectivity index (χ4n) is 10.7. The minimum atomic E-state index is -1.71. The number of aliphatic hydroxyl groups excluding tert-OH is 8. The first-order valence-corrected chi connectivity index (χ1v) is 19.4. The van der Waals surface area contributed by atoms with Gasteiger partial charge in [0.05, 0.1) is 24.9 Å². The Balaban J connectivity index is 1.09. The van der Waals surface area contributed by atoms with Crippen molar-refractivity contribution in [1.82, 2.24) is 0 Å². The van der Waals surface area contributed by atoms with E-state index in [2.05, 4.69) is 19.1 Å². The van der Waals surface area contributed by atoms with Crippen molar-refractivity contribution in [3.8, 4) is 0 Å². The Morgan fingerprint density at radius 2 is 1.38 bits per heavy atom. The summed E-state index contributed by atoms with van der Waals surface area (Å²) in [7, 11) is 0. The van der Waals surface area contributed by atoms with E-state index < -0.39 is 105 Å². The number of carbonyl (C=O) groups excluding carboxylic acids is 1. The highest BCUT2D eigenvalue weighted by Gasteiger charge is 2.56. The molecule has 53 heavy (non-hydrogen) atoms. The maximum atomic E-state index is 12.5. The predicted octanol–water partition coefficient (Wildman–Crippen LogP) is -0.427. The van der Waals surface area contributed by atoms with Crippen LogP contribution < -0.4 is 0 Å². The molecule has 7 aliphatic rings. The van der Waals surface area contributed by atoms with E-state index in [1.54, 1.807) is 6.92 Å². The largest absolute Gasteiger partial charge is 0.394 e. The van der Waals surface area contributed by atoms with Crippen molar-refractivity contribution in [2.45, 2.75) is 171 Å². The third kappa shape index (κ3) is 7.11. The molecule has 5 fully saturated rings. The molecule has 4 aliphatic carbocycles. The number of allylic oxidation sites excluding steroid dienone is 3. The lowest BCUT2D eigenvalue weighted by atomic mass is 9.51. The van der Waals surface area contributed by atoms with Crippen LogP contribution in [0.4, 0.5) is 0 Å². The molecule has 15 nitrogen and oxygen atoms in total. The van der Waals surface area contributed by atoms with Gasteiger partial charge in [0.1, 0.15) is 61.0 Å². The lowest BCUT2D eigenvalue weighted by molar-refractivity contribution is -0.387. The first-order chi connectivity index (χ1) is 25.1. The number of carbonyl (C=O) groups is 1. The summed E-state index contributed by atoms with van der Waals surface area (Å²) in [5.74, 6) is 2.10. The van der Waals surface area contributed by atoms with Gasteiger partial charge in [-0.05, 0) is 100 Å². The molecule has 2 saturated carbocycles. The van der Waals surface area contributed by atoms with Crippen molar-refractivity contribution in [3.05, 3.63) is 23.3 Å². The minimum Gasteiger partial charge on any atom is -0.394 e. The van der Waals surface area contributed by atoms with Crippen LogP contribution in [0.1, 0.15) is 72.6 Å². The Bertz CT molecular complexity index is 1390. The van der Waals surface area contributed by atoms with Crippen molar-refractivity contribution in [1.29, 1.82) is 0 Å². The monoisotopic (exact) mass is 754 g/mol. The van der Waals surface area contributed by atoms with E-state index in [4.69, 9.17) is 28.4 Å². The highest BCUT2D eigenvalue weighted by atomic mass is 16.8. The van der Waals surface area contributed by atoms with Crippen molar-refractivity contribution in [2.24, 2.45) is 29.1 Å². The molecule has 3 aliphatic heterocycles. The topological polar surface area (TPSA) is 234 Å². The molecule has 300 valence electrons. The summed E-state index contributed by atoms with van der Waals surface area (Å²) in [5.41, 5.74) is 2.25. The van der Waals surface area contributed by atoms with Crippen molar-refractivity contribution in [2.75, 3.05) is 6.61 Å². The molecule has 0 radical (unpaired) electrons. The second kappa shape index (κ2) is 15.5. The molecule has 0 amide bonds. The van der Waals surface area contributed by atoms with Crippen LogP contribution in [0, 0.1) is 29.1 Å². The Morgan fingerprint density at radius 1 is 0.755 bits per heavy atom. The van der Waals surface area contributed by atoms with Gasteiger partial charge < -0.3 is 69.3 Å². The standard InChI is InChI=1S/C38H58O15/c1-15(40)23-9-10-24-22-7-5-18-13-19(6-8-20(18)21(22)11-12-38(23,24)4)50-37-34(53-36-31(46)29(44)27(42)17(3)49-36)32(47)33(25(14-39)51-37)52-35-30(45)28(43)26(41)16(2)48-35/h9,13,16-17,19-22,24-37,39,41-47H,5-8,10-12,14H2,1-4H3/t16-,17-,19-,20-,21+,22+,24-,25+,26-,27-,28+,29+,30+,31+,32-,33+,34+,35-,36-,37+,38+/m0/s1. The van der Waals surface area contributed by atoms with Gasteiger partial charge in [-0.3, -0.25) is 4.79 Å². The molecule has 0 aromatic heterocycles. The molecule has 0 aromatic carbocycles. The fraction of sp³-hybridized carbons (Fsp3) is 0.868. The van der Waals surface area contributed by atoms with Crippen LogP contribution in [0.3, 0.4) is 0 Å². The molecule has 3 saturated heterocycles. The van der Waals surface area contributed by atoms with Gasteiger partial charge in [0.2, 0.25) is 0 Å². The van der Waals surface area contributed by atoms with E-state index in [1.165, 1.54) is 19.4 Å². The van der Waals surface area contributed by atoms with Crippen LogP contribution in [0.5, 0.6) is 0 Å². The van der Waals surface area contributed by atoms with Crippen LogP contribution in [0.15, 0.2) is 23.3 Å². The van der Waals surface area contributed by atoms with Crippen LogP contribution in [-0.4, -0.2) is 151 Å². The van der Waals surface area contributed by atoms with Gasteiger partial charge in [-0.15, -0.1) is 0 Å². The molecule has 3 heterocycles. The number of rotatable bonds is 8. The maximum Gasteiger partial charge on any atom is 0.187 e. The van der Waals surface area contributed by atoms with E-state index in [9.17, 15) is 45.6 Å². The lowest BCUT2D eigenvalue weighted by Gasteiger charge is -2.54. The summed E-state index contributed by atoms with van der Waals surface area (Å²) in [6.45, 7) is 6.27. The zero-order valence-electron chi connectivity index (χ0n) is 30.8. The third-order valence-corrected chi connectivity index (χ3v) is 13.7. The second-order valence-corrected chi connectivity index (χ2v) is 16.7. The van der Waals surface area contributed by atoms with Gasteiger partial charge in [-0.25, -0.2) is 0 Å². The summed E-state index contributed by atoms with van der Waals surface area (Å²) >= 11 is 0. The van der Waals surface area contributed by atoms with Gasteiger partial charge in [-0.2, -0.15) is 0 Å². The van der Waals surface area contributed by atoms with Gasteiger partial charge in [0.15, 0.2) is 24.7 Å². The van der Waals surface area contributed by atoms with Crippen molar-refractivity contribution in [3.63, 3.8) is 0 Å². The Morgan fingerprint density at radius 3 is 1.98 bits per heavy atom. The first-order valence-electron chi connectivity index (χ1n) is 19.4. The summed E-state index contributed by atoms with van der Waals surface area (Å²) < 4.78 is 36.0. The number of hydrogen-bond donors (Lipinski definition) is 8. The van der Waals surface area contributed by atoms with E-state index >= 15 is 0 Å². The number of aliphatic hydroxyl groups is 8. The SMILES string of the molecule is CC(=O)C1=CC[C@H]2[C@@H]3CCC4=C[C@@H](O[C@@H]5O[C@H](CO)[C@@H](O[C@@H]6O[C@@H](C)[C@H](O)[C@@H](O)[C@H]6O)[C@H](O)[C@H]5O[C@@H]5O[C@@H](C)[C@H](O)[C@@H](O)[C@H]5O)CC[C@@H]4[C@H]3CC[C@]12C. The number of fused-ring (bicyclic) bond motifs is 5. The minimum absolute atomic E-state index is 0.0599. The molecule has 0 bridgehead atoms. The first kappa shape index (κ1) is 39.8. The Hall–Kier alpha value is -1.41. The van der Waals surface area contributed by atoms with Crippen LogP contribution in [0.25, 0.3) is 0 Å². The zero-order valence-corrected chi connectivity index (χ0v) is 30.8. The van der Waals surface area contributed by atoms with E-state index in [0.29, 0.717) is 30.1 Å². The average molecular weight is 755 g/mol. The molecule has 7 rings (SSSR count). The summed E-state index contributed by atoms with van der Waals surface area (Å²) in [6, 6.07) is 0. The number of ether oxygens (including phenoxy) is 6. The Kier molecular flexibility index (Phi) is 11.6. The highest BCUT2D eigenvalue weighted by molar-refractivity contribution is 5.95. The molecular weight excluding hydrogens is 696 g/mol. The number of Topliss-reactive ketones (excluding diaryl/α,β-unsaturated/α-hetero) is 1. The van der Waals surface area contributed by atoms with Crippen LogP contribution >= 0.6 is 0 Å². The number of ketones is 1. The van der Waals surface area contributed by atoms with E-state index in [-0.39, 0.29) is 11.2 Å². The van der Waals surface area contributed by atoms with Crippen molar-refractivity contribution < 1.29 is 74.1 Å². The van der Waals surface area contributed by atoms with Crippen LogP contribution in [0.2, 0.25) is 0 Å². The smallest absolute Gasteiger partial charge is 0.187 e. The van der Waals surface area contributed by atoms with Crippen LogP contribution in [-0.2, 0) is 33.2 Å². The Labute approximate surface area is 309 Å². The summed E-state index contributed by atoms with van der Waals surface area (Å²) in [4.78, 5) is 12.5. The normalized spacial score (nSPS) is 52.8. The molecule has 0 spiro atoms. The van der Waals surface area contributed by atoms with Gasteiger partial charge in [0.25, 0.3) is 0 Å². The molecule has 0 unspecified atom stereocenters.